The van der Waals surface area contributed by atoms with Crippen LogP contribution in [0.15, 0.2) is 0 Å². The number of rotatable bonds is 0. The molecule has 2 N–H and O–H groups in total. The second-order valence-electron chi connectivity index (χ2n) is 0.610. The van der Waals surface area contributed by atoms with Gasteiger partial charge in [0.05, 0.1) is 0 Å². The van der Waals surface area contributed by atoms with Crippen molar-refractivity contribution in [2.24, 2.45) is 0 Å². The molecule has 0 amide bonds. The third-order valence-electron chi connectivity index (χ3n) is 0.183. The van der Waals surface area contributed by atoms with Gasteiger partial charge in [0, 0.05) is 17.1 Å². The predicted octanol–water partition coefficient (Wildman–Crippen LogP) is -3.73. The molecule has 44 valence electrons. The maximum Gasteiger partial charge on any atom is 1.00 e. The molecule has 0 aromatic heterocycles. The zero-order chi connectivity index (χ0) is 5.15. The summed E-state index contributed by atoms with van der Waals surface area (Å²) in [5.41, 5.74) is 0. The summed E-state index contributed by atoms with van der Waals surface area (Å²) >= 11 is 0. The minimum atomic E-state index is -1.82. The molecule has 0 unspecified atom stereocenters. The van der Waals surface area contributed by atoms with Gasteiger partial charge in [-0.15, -0.1) is 0 Å². The normalized spacial score (nSPS) is 5.50. The van der Waals surface area contributed by atoms with Crippen LogP contribution >= 0.6 is 0 Å². The third-order valence-corrected chi connectivity index (χ3v) is 0.183. The Kier molecular flexibility index (Phi) is 14.7. The summed E-state index contributed by atoms with van der Waals surface area (Å²) in [4.78, 5) is 18.2. The monoisotopic (exact) mass is 170 g/mol. The van der Waals surface area contributed by atoms with E-state index in [0.717, 1.165) is 0 Å². The van der Waals surface area contributed by atoms with Crippen LogP contribution in [0.4, 0.5) is 0 Å². The molecule has 0 aliphatic heterocycles. The zero-order valence-corrected chi connectivity index (χ0v) is 7.17. The second kappa shape index (κ2) is 7.46. The average molecular weight is 170 g/mol. The van der Waals surface area contributed by atoms with Crippen LogP contribution in [0.25, 0.3) is 0 Å². The van der Waals surface area contributed by atoms with Crippen LogP contribution in [0, 0.1) is 0 Å². The molecule has 0 rings (SSSR count). The summed E-state index contributed by atoms with van der Waals surface area (Å²) in [7, 11) is 0. The minimum Gasteiger partial charge on any atom is -1.00 e. The molecule has 0 radical (unpaired) electrons. The Morgan fingerprint density at radius 2 is 1.25 bits per heavy atom. The van der Waals surface area contributed by atoms with Gasteiger partial charge in [0.25, 0.3) is 0 Å². The van der Waals surface area contributed by atoms with Gasteiger partial charge in [0.15, 0.2) is 0 Å². The Morgan fingerprint density at radius 1 is 1.12 bits per heavy atom. The Labute approximate surface area is 79.5 Å². The standard InChI is InChI=1S/C2H2O4.Fe.Na.H/c3-1(4)2(5)6;;;/h(H,3,4)(H,5,6);;;/q;;+1;-1. The first-order chi connectivity index (χ1) is 2.64. The molecule has 0 heterocycles. The molecule has 0 aromatic rings. The summed E-state index contributed by atoms with van der Waals surface area (Å²) < 4.78 is 0. The van der Waals surface area contributed by atoms with Gasteiger partial charge in [-0.3, -0.25) is 0 Å². The maximum absolute atomic E-state index is 9.10. The van der Waals surface area contributed by atoms with Crippen molar-refractivity contribution in [3.05, 3.63) is 0 Å². The fourth-order valence-corrected chi connectivity index (χ4v) is 0. The van der Waals surface area contributed by atoms with E-state index in [4.69, 9.17) is 19.8 Å². The predicted molar refractivity (Wildman–Crippen MR) is 16.4 cm³/mol. The molecule has 0 saturated heterocycles. The molecule has 0 bridgehead atoms. The van der Waals surface area contributed by atoms with E-state index >= 15 is 0 Å². The largest absolute Gasteiger partial charge is 1.00 e. The molecule has 0 spiro atoms. The molecule has 0 fully saturated rings. The van der Waals surface area contributed by atoms with Gasteiger partial charge in [-0.2, -0.15) is 0 Å². The Balaban J connectivity index is -0.0000000417. The van der Waals surface area contributed by atoms with Crippen LogP contribution in [0.1, 0.15) is 1.43 Å². The van der Waals surface area contributed by atoms with Crippen molar-refractivity contribution < 1.29 is 67.9 Å². The van der Waals surface area contributed by atoms with E-state index in [2.05, 4.69) is 0 Å². The van der Waals surface area contributed by atoms with Crippen molar-refractivity contribution >= 4 is 11.9 Å². The van der Waals surface area contributed by atoms with Gasteiger partial charge in [-0.25, -0.2) is 9.59 Å². The van der Waals surface area contributed by atoms with Crippen molar-refractivity contribution in [1.29, 1.82) is 0 Å². The molecule has 0 aliphatic carbocycles. The number of carboxylic acid groups (broad SMARTS) is 2. The molecule has 4 nitrogen and oxygen atoms in total. The van der Waals surface area contributed by atoms with Crippen LogP contribution in [-0.2, 0) is 26.7 Å². The average Bonchev–Trinajstić information content (AvgIpc) is 1.36. The van der Waals surface area contributed by atoms with E-state index in [1.165, 1.54) is 0 Å². The van der Waals surface area contributed by atoms with E-state index in [-0.39, 0.29) is 48.1 Å². The topological polar surface area (TPSA) is 74.6 Å². The third kappa shape index (κ3) is 9.68. The summed E-state index contributed by atoms with van der Waals surface area (Å²) in [5.74, 6) is -3.65. The summed E-state index contributed by atoms with van der Waals surface area (Å²) in [6.07, 6.45) is 0. The van der Waals surface area contributed by atoms with Crippen LogP contribution < -0.4 is 29.6 Å². The number of carbonyl (C=O) groups is 2. The number of hydrogen-bond donors (Lipinski definition) is 2. The van der Waals surface area contributed by atoms with E-state index in [1.54, 1.807) is 0 Å². The van der Waals surface area contributed by atoms with Crippen LogP contribution in [0.2, 0.25) is 0 Å². The van der Waals surface area contributed by atoms with Gasteiger partial charge < -0.3 is 11.6 Å². The number of aliphatic carboxylic acids is 2. The quantitative estimate of drug-likeness (QED) is 0.289. The SMILES string of the molecule is O=C(O)C(=O)O.[Fe].[H-].[Na+]. The van der Waals surface area contributed by atoms with E-state index < -0.39 is 11.9 Å². The first-order valence-electron chi connectivity index (χ1n) is 1.11. The smallest absolute Gasteiger partial charge is 1.00 e. The van der Waals surface area contributed by atoms with Crippen molar-refractivity contribution in [1.82, 2.24) is 0 Å². The molecular weight excluding hydrogens is 167 g/mol. The summed E-state index contributed by atoms with van der Waals surface area (Å²) in [6, 6.07) is 0. The number of hydrogen-bond acceptors (Lipinski definition) is 2. The van der Waals surface area contributed by atoms with Crippen molar-refractivity contribution in [3.8, 4) is 0 Å². The summed E-state index contributed by atoms with van der Waals surface area (Å²) in [5, 5.41) is 14.8. The molecule has 6 heteroatoms. The molecule has 0 aliphatic rings. The maximum atomic E-state index is 9.10. The first kappa shape index (κ1) is 15.8. The van der Waals surface area contributed by atoms with E-state index in [1.807, 2.05) is 0 Å². The van der Waals surface area contributed by atoms with E-state index in [9.17, 15) is 0 Å². The van der Waals surface area contributed by atoms with Crippen LogP contribution in [0.5, 0.6) is 0 Å². The van der Waals surface area contributed by atoms with Crippen LogP contribution in [-0.4, -0.2) is 22.2 Å². The second-order valence-corrected chi connectivity index (χ2v) is 0.610. The Hall–Kier alpha value is 0.459. The van der Waals surface area contributed by atoms with Gasteiger partial charge in [0.2, 0.25) is 0 Å². The molecule has 8 heavy (non-hydrogen) atoms. The number of carboxylic acids is 2. The Bertz CT molecular complexity index is 84.6. The molecule has 0 aromatic carbocycles. The van der Waals surface area contributed by atoms with Crippen molar-refractivity contribution in [2.75, 3.05) is 0 Å². The summed E-state index contributed by atoms with van der Waals surface area (Å²) in [6.45, 7) is 0. The Morgan fingerprint density at radius 3 is 1.25 bits per heavy atom. The van der Waals surface area contributed by atoms with E-state index in [0.29, 0.717) is 0 Å². The van der Waals surface area contributed by atoms with Crippen molar-refractivity contribution in [2.45, 2.75) is 0 Å². The fourth-order valence-electron chi connectivity index (χ4n) is 0. The zero-order valence-electron chi connectivity index (χ0n) is 5.06. The van der Waals surface area contributed by atoms with Gasteiger partial charge in [0.1, 0.15) is 0 Å². The van der Waals surface area contributed by atoms with Gasteiger partial charge in [-0.1, -0.05) is 0 Å². The molecule has 0 saturated carbocycles. The first-order valence-corrected chi connectivity index (χ1v) is 1.11. The fraction of sp³-hybridized carbons (Fsp3) is 0. The van der Waals surface area contributed by atoms with Gasteiger partial charge >= 0.3 is 41.5 Å². The molecular formula is C2H3FeNaO4. The van der Waals surface area contributed by atoms with Crippen molar-refractivity contribution in [3.63, 3.8) is 0 Å². The molecule has 0 atom stereocenters. The minimum absolute atomic E-state index is 0. The van der Waals surface area contributed by atoms with Gasteiger partial charge in [-0.05, 0) is 0 Å². The van der Waals surface area contributed by atoms with Crippen LogP contribution in [0.3, 0.4) is 0 Å².